The monoisotopic (exact) mass is 536 g/mol. The van der Waals surface area contributed by atoms with Gasteiger partial charge in [-0.25, -0.2) is 0 Å². The fourth-order valence-electron chi connectivity index (χ4n) is 3.45. The van der Waals surface area contributed by atoms with Crippen molar-refractivity contribution in [3.63, 3.8) is 0 Å². The molecule has 4 aromatic rings. The van der Waals surface area contributed by atoms with Crippen LogP contribution in [-0.4, -0.2) is 18.1 Å². The summed E-state index contributed by atoms with van der Waals surface area (Å²) in [5.74, 6) is 0. The zero-order valence-electron chi connectivity index (χ0n) is 18.0. The molecule has 0 saturated heterocycles. The topological polar surface area (TPSA) is 60.4 Å². The van der Waals surface area contributed by atoms with E-state index >= 15 is 4.21 Å². The molecule has 0 amide bonds. The first-order valence-electron chi connectivity index (χ1n) is 10.2. The van der Waals surface area contributed by atoms with Gasteiger partial charge in [-0.1, -0.05) is 75.7 Å². The normalized spacial score (nSPS) is 13.6. The molecule has 0 bridgehead atoms. The Hall–Kier alpha value is -2.92. The van der Waals surface area contributed by atoms with Crippen LogP contribution in [0.3, 0.4) is 0 Å². The quantitative estimate of drug-likeness (QED) is 0.240. The summed E-state index contributed by atoms with van der Waals surface area (Å²) in [6.07, 6.45) is 0. The molecule has 0 aromatic heterocycles. The molecule has 4 rings (SSSR count). The fraction of sp³-hybridized carbons (Fsp3) is 0.0400. The Labute approximate surface area is 205 Å². The molecule has 0 aliphatic rings. The van der Waals surface area contributed by atoms with E-state index in [0.717, 1.165) is 4.90 Å². The van der Waals surface area contributed by atoms with Crippen LogP contribution in [0.5, 0.6) is 0 Å². The molecule has 4 aromatic carbocycles. The summed E-state index contributed by atoms with van der Waals surface area (Å²) < 4.78 is 85.5. The zero-order valence-corrected chi connectivity index (χ0v) is 20.4. The van der Waals surface area contributed by atoms with Gasteiger partial charge in [-0.05, 0) is 60.7 Å². The van der Waals surface area contributed by atoms with Crippen molar-refractivity contribution < 1.29 is 29.4 Å². The van der Waals surface area contributed by atoms with Gasteiger partial charge in [-0.3, -0.25) is 0 Å². The molecular weight excluding hydrogens is 517 g/mol. The van der Waals surface area contributed by atoms with Gasteiger partial charge < -0.3 is 0 Å². The van der Waals surface area contributed by atoms with E-state index in [-0.39, 0.29) is 14.7 Å². The summed E-state index contributed by atoms with van der Waals surface area (Å²) in [5.41, 5.74) is -5.79. The number of benzene rings is 4. The van der Waals surface area contributed by atoms with Crippen LogP contribution in [0.15, 0.2) is 140 Å². The Balaban J connectivity index is 1.98. The first kappa shape index (κ1) is 25.2. The second kappa shape index (κ2) is 9.27. The smallest absolute Gasteiger partial charge is 0.193 e. The minimum absolute atomic E-state index is 0.216. The molecule has 0 unspecified atom stereocenters. The predicted octanol–water partition coefficient (Wildman–Crippen LogP) is 6.92. The van der Waals surface area contributed by atoms with Crippen molar-refractivity contribution in [2.75, 3.05) is 0 Å². The molecule has 10 heteroatoms. The average Bonchev–Trinajstić information content (AvgIpc) is 2.85. The van der Waals surface area contributed by atoms with Crippen LogP contribution in [0, 0.1) is 0 Å². The summed E-state index contributed by atoms with van der Waals surface area (Å²) >= 11 is 1.39. The highest BCUT2D eigenvalue weighted by Gasteiger charge is 2.55. The Kier molecular flexibility index (Phi) is 6.67. The van der Waals surface area contributed by atoms with Crippen molar-refractivity contribution in [1.82, 2.24) is 0 Å². The first-order chi connectivity index (χ1) is 16.5. The van der Waals surface area contributed by atoms with Crippen LogP contribution in [0.2, 0.25) is 0 Å². The van der Waals surface area contributed by atoms with Crippen molar-refractivity contribution in [3.05, 3.63) is 115 Å². The van der Waals surface area contributed by atoms with Crippen molar-refractivity contribution in [3.8, 4) is 0 Å². The average molecular weight is 537 g/mol. The Morgan fingerprint density at radius 2 is 0.971 bits per heavy atom. The Morgan fingerprint density at radius 3 is 1.40 bits per heavy atom. The van der Waals surface area contributed by atoms with Crippen LogP contribution in [0.25, 0.3) is 0 Å². The molecule has 0 aliphatic carbocycles. The lowest BCUT2D eigenvalue weighted by molar-refractivity contribution is -0.0499. The van der Waals surface area contributed by atoms with Crippen LogP contribution in [0.1, 0.15) is 0 Å². The lowest BCUT2D eigenvalue weighted by Crippen LogP contribution is -2.42. The van der Waals surface area contributed by atoms with E-state index in [9.17, 15) is 21.6 Å². The third-order valence-electron chi connectivity index (χ3n) is 5.08. The molecule has 0 atom stereocenters. The third kappa shape index (κ3) is 4.66. The summed E-state index contributed by atoms with van der Waals surface area (Å²) in [6.45, 7) is 0. The zero-order chi connectivity index (χ0) is 25.2. The number of halogens is 3. The van der Waals surface area contributed by atoms with E-state index in [1.165, 1.54) is 72.4 Å². The van der Waals surface area contributed by atoms with Crippen LogP contribution in [-0.2, 0) is 23.1 Å². The summed E-state index contributed by atoms with van der Waals surface area (Å²) in [5, 5.41) is 0. The van der Waals surface area contributed by atoms with Crippen LogP contribution >= 0.6 is 11.8 Å². The lowest BCUT2D eigenvalue weighted by Gasteiger charge is -2.47. The van der Waals surface area contributed by atoms with Crippen molar-refractivity contribution >= 4 is 31.2 Å². The second-order valence-corrected chi connectivity index (χ2v) is 13.6. The van der Waals surface area contributed by atoms with Crippen molar-refractivity contribution in [2.24, 2.45) is 0 Å². The molecule has 0 saturated carbocycles. The standard InChI is InChI=1S/C25H19F3O4S3/c26-25(27,28)34(29,30)32-35(31,22-12-6-2-7-13-22,23-14-8-3-9-15-23)24-18-16-21(17-19-24)33-20-10-4-1-5-11-20/h1-19H. The Morgan fingerprint density at radius 1 is 0.600 bits per heavy atom. The largest absolute Gasteiger partial charge is 0.524 e. The third-order valence-corrected chi connectivity index (χ3v) is 11.8. The molecule has 0 heterocycles. The molecular formula is C25H19F3O4S3. The summed E-state index contributed by atoms with van der Waals surface area (Å²) in [7, 11) is -11.8. The molecule has 0 N–H and O–H groups in total. The molecule has 0 spiro atoms. The lowest BCUT2D eigenvalue weighted by atomic mass is 10.3. The maximum absolute atomic E-state index is 15.2. The van der Waals surface area contributed by atoms with Gasteiger partial charge in [-0.2, -0.15) is 25.8 Å². The Bertz CT molecular complexity index is 1430. The van der Waals surface area contributed by atoms with Crippen LogP contribution < -0.4 is 0 Å². The minimum Gasteiger partial charge on any atom is -0.193 e. The predicted molar refractivity (Wildman–Crippen MR) is 129 cm³/mol. The van der Waals surface area contributed by atoms with E-state index in [1.54, 1.807) is 24.3 Å². The first-order valence-corrected chi connectivity index (χ1v) is 14.3. The number of hydrogen-bond acceptors (Lipinski definition) is 5. The van der Waals surface area contributed by atoms with Gasteiger partial charge in [0.15, 0.2) is 0 Å². The van der Waals surface area contributed by atoms with Crippen molar-refractivity contribution in [2.45, 2.75) is 30.0 Å². The van der Waals surface area contributed by atoms with Gasteiger partial charge in [0.1, 0.15) is 0 Å². The number of rotatable bonds is 7. The van der Waals surface area contributed by atoms with Gasteiger partial charge in [-0.15, -0.1) is 3.63 Å². The maximum atomic E-state index is 15.2. The number of alkyl halides is 3. The summed E-state index contributed by atoms with van der Waals surface area (Å²) in [6, 6.07) is 29.3. The summed E-state index contributed by atoms with van der Waals surface area (Å²) in [4.78, 5) is 0.976. The molecule has 0 radical (unpaired) electrons. The molecule has 4 nitrogen and oxygen atoms in total. The fourth-order valence-corrected chi connectivity index (χ4v) is 9.66. The highest BCUT2D eigenvalue weighted by Crippen LogP contribution is 2.54. The molecule has 0 aliphatic heterocycles. The highest BCUT2D eigenvalue weighted by atomic mass is 32.3. The van der Waals surface area contributed by atoms with Crippen LogP contribution in [0.4, 0.5) is 13.2 Å². The second-order valence-electron chi connectivity index (χ2n) is 7.35. The van der Waals surface area contributed by atoms with E-state index < -0.39 is 25.0 Å². The maximum Gasteiger partial charge on any atom is 0.524 e. The van der Waals surface area contributed by atoms with Crippen molar-refractivity contribution in [1.29, 1.82) is 0 Å². The van der Waals surface area contributed by atoms with E-state index in [4.69, 9.17) is 3.63 Å². The van der Waals surface area contributed by atoms with Gasteiger partial charge in [0, 0.05) is 9.79 Å². The van der Waals surface area contributed by atoms with Gasteiger partial charge in [0.05, 0.1) is 14.7 Å². The number of hydrogen-bond donors (Lipinski definition) is 0. The van der Waals surface area contributed by atoms with E-state index in [0.29, 0.717) is 4.90 Å². The SMILES string of the molecule is O=S(=O)(OS(=O)(c1ccccc1)(c1ccccc1)c1ccc(Sc2ccccc2)cc1)C(F)(F)F. The van der Waals surface area contributed by atoms with Gasteiger partial charge in [0.25, 0.3) is 0 Å². The van der Waals surface area contributed by atoms with E-state index in [1.807, 2.05) is 30.3 Å². The minimum atomic E-state index is -6.29. The highest BCUT2D eigenvalue weighted by molar-refractivity contribution is 8.20. The van der Waals surface area contributed by atoms with Gasteiger partial charge in [0.2, 0.25) is 0 Å². The molecule has 0 fully saturated rings. The van der Waals surface area contributed by atoms with Gasteiger partial charge >= 0.3 is 15.6 Å². The van der Waals surface area contributed by atoms with E-state index in [2.05, 4.69) is 0 Å². The molecule has 35 heavy (non-hydrogen) atoms. The molecule has 182 valence electrons.